The van der Waals surface area contributed by atoms with Gasteiger partial charge in [0, 0.05) is 6.61 Å². The zero-order valence-corrected chi connectivity index (χ0v) is 7.28. The molecule has 0 aromatic carbocycles. The number of halogens is 2. The van der Waals surface area contributed by atoms with Crippen LogP contribution in [0.5, 0.6) is 0 Å². The molecule has 12 heavy (non-hydrogen) atoms. The summed E-state index contributed by atoms with van der Waals surface area (Å²) in [6.45, 7) is 3.18. The van der Waals surface area contributed by atoms with Gasteiger partial charge in [-0.2, -0.15) is 0 Å². The van der Waals surface area contributed by atoms with Crippen molar-refractivity contribution in [3.8, 4) is 0 Å². The maximum absolute atomic E-state index is 12.6. The molecule has 1 heterocycles. The molecule has 1 atom stereocenters. The Bertz CT molecular complexity index is 135. The molecule has 0 aromatic heterocycles. The highest BCUT2D eigenvalue weighted by Gasteiger charge is 2.42. The van der Waals surface area contributed by atoms with Gasteiger partial charge in [-0.3, -0.25) is 0 Å². The second kappa shape index (κ2) is 4.14. The topological polar surface area (TPSA) is 21.3 Å². The highest BCUT2D eigenvalue weighted by atomic mass is 19.3. The Labute approximate surface area is 71.3 Å². The van der Waals surface area contributed by atoms with E-state index in [1.54, 1.807) is 0 Å². The van der Waals surface area contributed by atoms with E-state index in [9.17, 15) is 8.78 Å². The van der Waals surface area contributed by atoms with Crippen LogP contribution in [0.1, 0.15) is 19.8 Å². The average Bonchev–Trinajstić information content (AvgIpc) is 2.50. The fourth-order valence-corrected chi connectivity index (χ4v) is 1.34. The number of ether oxygens (including phenoxy) is 1. The van der Waals surface area contributed by atoms with E-state index in [2.05, 4.69) is 5.32 Å². The van der Waals surface area contributed by atoms with E-state index in [4.69, 9.17) is 4.74 Å². The summed E-state index contributed by atoms with van der Waals surface area (Å²) in [5, 5.41) is 2.87. The summed E-state index contributed by atoms with van der Waals surface area (Å²) in [6, 6.07) is 0. The molecule has 0 spiro atoms. The molecule has 0 saturated carbocycles. The SMILES string of the molecule is CCCNC1(C(F)F)CCOC1. The summed E-state index contributed by atoms with van der Waals surface area (Å²) in [5.41, 5.74) is -1.06. The van der Waals surface area contributed by atoms with Crippen molar-refractivity contribution in [1.82, 2.24) is 5.32 Å². The van der Waals surface area contributed by atoms with Crippen LogP contribution in [0, 0.1) is 0 Å². The molecule has 0 aliphatic carbocycles. The number of alkyl halides is 2. The fraction of sp³-hybridized carbons (Fsp3) is 1.00. The van der Waals surface area contributed by atoms with Crippen molar-refractivity contribution >= 4 is 0 Å². The van der Waals surface area contributed by atoms with Crippen LogP contribution in [0.25, 0.3) is 0 Å². The lowest BCUT2D eigenvalue weighted by atomic mass is 9.99. The standard InChI is InChI=1S/C8H15F2NO/c1-2-4-11-8(7(9)10)3-5-12-6-8/h7,11H,2-6H2,1H3. The van der Waals surface area contributed by atoms with E-state index in [1.807, 2.05) is 6.92 Å². The maximum atomic E-state index is 12.6. The molecule has 1 saturated heterocycles. The molecule has 0 aromatic rings. The zero-order valence-electron chi connectivity index (χ0n) is 7.28. The lowest BCUT2D eigenvalue weighted by molar-refractivity contribution is 0.0218. The molecule has 4 heteroatoms. The highest BCUT2D eigenvalue weighted by molar-refractivity contribution is 4.93. The molecule has 1 fully saturated rings. The van der Waals surface area contributed by atoms with Crippen LogP contribution in [0.4, 0.5) is 8.78 Å². The Hall–Kier alpha value is -0.220. The number of nitrogens with one attached hydrogen (secondary N) is 1. The molecule has 1 N–H and O–H groups in total. The van der Waals surface area contributed by atoms with Crippen molar-refractivity contribution in [2.75, 3.05) is 19.8 Å². The summed E-state index contributed by atoms with van der Waals surface area (Å²) >= 11 is 0. The fourth-order valence-electron chi connectivity index (χ4n) is 1.34. The lowest BCUT2D eigenvalue weighted by Crippen LogP contribution is -2.52. The Morgan fingerprint density at radius 3 is 2.75 bits per heavy atom. The third-order valence-electron chi connectivity index (χ3n) is 2.20. The molecular weight excluding hydrogens is 164 g/mol. The van der Waals surface area contributed by atoms with Crippen LogP contribution in [0.3, 0.4) is 0 Å². The maximum Gasteiger partial charge on any atom is 0.258 e. The van der Waals surface area contributed by atoms with Crippen LogP contribution < -0.4 is 5.32 Å². The normalized spacial score (nSPS) is 30.0. The monoisotopic (exact) mass is 179 g/mol. The molecule has 0 radical (unpaired) electrons. The van der Waals surface area contributed by atoms with Crippen LogP contribution in [0.15, 0.2) is 0 Å². The summed E-state index contributed by atoms with van der Waals surface area (Å²) in [4.78, 5) is 0. The molecule has 1 rings (SSSR count). The smallest absolute Gasteiger partial charge is 0.258 e. The largest absolute Gasteiger partial charge is 0.379 e. The predicted octanol–water partition coefficient (Wildman–Crippen LogP) is 1.41. The van der Waals surface area contributed by atoms with Gasteiger partial charge in [0.25, 0.3) is 6.43 Å². The number of hydrogen-bond acceptors (Lipinski definition) is 2. The van der Waals surface area contributed by atoms with Crippen LogP contribution in [0.2, 0.25) is 0 Å². The molecule has 1 unspecified atom stereocenters. The van der Waals surface area contributed by atoms with Gasteiger partial charge in [-0.25, -0.2) is 8.78 Å². The minimum atomic E-state index is -2.33. The number of rotatable bonds is 4. The van der Waals surface area contributed by atoms with Gasteiger partial charge in [0.1, 0.15) is 5.54 Å². The van der Waals surface area contributed by atoms with Gasteiger partial charge < -0.3 is 10.1 Å². The van der Waals surface area contributed by atoms with Crippen molar-refractivity contribution in [1.29, 1.82) is 0 Å². The van der Waals surface area contributed by atoms with Gasteiger partial charge in [-0.1, -0.05) is 6.92 Å². The minimum Gasteiger partial charge on any atom is -0.379 e. The molecule has 72 valence electrons. The van der Waals surface area contributed by atoms with Gasteiger partial charge in [0.2, 0.25) is 0 Å². The Morgan fingerprint density at radius 1 is 1.58 bits per heavy atom. The van der Waals surface area contributed by atoms with Crippen LogP contribution in [-0.2, 0) is 4.74 Å². The van der Waals surface area contributed by atoms with Crippen molar-refractivity contribution in [3.63, 3.8) is 0 Å². The minimum absolute atomic E-state index is 0.144. The van der Waals surface area contributed by atoms with E-state index >= 15 is 0 Å². The van der Waals surface area contributed by atoms with Crippen molar-refractivity contribution in [3.05, 3.63) is 0 Å². The lowest BCUT2D eigenvalue weighted by Gasteiger charge is -2.27. The molecule has 2 nitrogen and oxygen atoms in total. The third kappa shape index (κ3) is 1.93. The molecule has 0 bridgehead atoms. The van der Waals surface area contributed by atoms with Gasteiger partial charge in [-0.05, 0) is 19.4 Å². The predicted molar refractivity (Wildman–Crippen MR) is 42.5 cm³/mol. The van der Waals surface area contributed by atoms with Gasteiger partial charge in [-0.15, -0.1) is 0 Å². The summed E-state index contributed by atoms with van der Waals surface area (Å²) in [7, 11) is 0. The van der Waals surface area contributed by atoms with Crippen LogP contribution in [-0.4, -0.2) is 31.7 Å². The van der Waals surface area contributed by atoms with Gasteiger partial charge >= 0.3 is 0 Å². The first-order valence-electron chi connectivity index (χ1n) is 4.32. The quantitative estimate of drug-likeness (QED) is 0.704. The van der Waals surface area contributed by atoms with E-state index in [1.165, 1.54) is 0 Å². The summed E-state index contributed by atoms with van der Waals surface area (Å²) < 4.78 is 30.1. The third-order valence-corrected chi connectivity index (χ3v) is 2.20. The first kappa shape index (κ1) is 9.86. The average molecular weight is 179 g/mol. The Balaban J connectivity index is 2.47. The van der Waals surface area contributed by atoms with E-state index in [0.717, 1.165) is 6.42 Å². The van der Waals surface area contributed by atoms with Crippen molar-refractivity contribution in [2.45, 2.75) is 31.7 Å². The van der Waals surface area contributed by atoms with Crippen molar-refractivity contribution < 1.29 is 13.5 Å². The molecule has 1 aliphatic heterocycles. The summed E-state index contributed by atoms with van der Waals surface area (Å²) in [6.07, 6.45) is -1.04. The highest BCUT2D eigenvalue weighted by Crippen LogP contribution is 2.25. The van der Waals surface area contributed by atoms with E-state index in [0.29, 0.717) is 19.6 Å². The van der Waals surface area contributed by atoms with E-state index < -0.39 is 12.0 Å². The second-order valence-electron chi connectivity index (χ2n) is 3.19. The zero-order chi connectivity index (χ0) is 9.03. The van der Waals surface area contributed by atoms with Gasteiger partial charge in [0.15, 0.2) is 0 Å². The van der Waals surface area contributed by atoms with Gasteiger partial charge in [0.05, 0.1) is 6.61 Å². The summed E-state index contributed by atoms with van der Waals surface area (Å²) in [5.74, 6) is 0. The second-order valence-corrected chi connectivity index (χ2v) is 3.19. The molecule has 1 aliphatic rings. The Morgan fingerprint density at radius 2 is 2.33 bits per heavy atom. The first-order valence-corrected chi connectivity index (χ1v) is 4.32. The molecule has 0 amide bonds. The Kier molecular flexibility index (Phi) is 3.40. The van der Waals surface area contributed by atoms with Crippen molar-refractivity contribution in [2.24, 2.45) is 0 Å². The molecular formula is C8H15F2NO. The van der Waals surface area contributed by atoms with E-state index in [-0.39, 0.29) is 6.61 Å². The number of hydrogen-bond donors (Lipinski definition) is 1. The van der Waals surface area contributed by atoms with Crippen LogP contribution >= 0.6 is 0 Å². The first-order chi connectivity index (χ1) is 5.71.